The highest BCUT2D eigenvalue weighted by Crippen LogP contribution is 2.24. The third-order valence-corrected chi connectivity index (χ3v) is 3.84. The van der Waals surface area contributed by atoms with Crippen LogP contribution in [-0.2, 0) is 11.2 Å². The summed E-state index contributed by atoms with van der Waals surface area (Å²) in [5, 5.41) is 0.843. The van der Waals surface area contributed by atoms with Crippen LogP contribution in [0.5, 0.6) is 0 Å². The number of hydrogen-bond donors (Lipinski definition) is 1. The standard InChI is InChI=1S/C19H17F2N3O/c1-23-19(22)25-9-8-13-10-14(3-6-16(13)21)17-7-4-12-2-5-15(20)11-18(12)24-17/h2-7,10-11H,8-9H2,1H3,(H2,22,23). The van der Waals surface area contributed by atoms with Gasteiger partial charge < -0.3 is 10.5 Å². The molecule has 1 heterocycles. The number of benzene rings is 2. The monoisotopic (exact) mass is 341 g/mol. The molecular weight excluding hydrogens is 324 g/mol. The fourth-order valence-corrected chi connectivity index (χ4v) is 2.51. The molecule has 0 aliphatic rings. The van der Waals surface area contributed by atoms with Crippen LogP contribution >= 0.6 is 0 Å². The van der Waals surface area contributed by atoms with Crippen LogP contribution in [0.2, 0.25) is 0 Å². The number of fused-ring (bicyclic) bond motifs is 1. The van der Waals surface area contributed by atoms with Gasteiger partial charge in [0.15, 0.2) is 0 Å². The molecule has 0 bridgehead atoms. The van der Waals surface area contributed by atoms with Crippen LogP contribution < -0.4 is 5.73 Å². The van der Waals surface area contributed by atoms with Gasteiger partial charge in [-0.2, -0.15) is 0 Å². The Balaban J connectivity index is 1.88. The van der Waals surface area contributed by atoms with E-state index in [-0.39, 0.29) is 24.3 Å². The fourth-order valence-electron chi connectivity index (χ4n) is 2.51. The van der Waals surface area contributed by atoms with Gasteiger partial charge in [0, 0.05) is 30.5 Å². The first-order chi connectivity index (χ1) is 12.1. The molecule has 0 aliphatic carbocycles. The second kappa shape index (κ2) is 7.25. The van der Waals surface area contributed by atoms with Crippen LogP contribution in [0.25, 0.3) is 22.2 Å². The Morgan fingerprint density at radius 3 is 2.72 bits per heavy atom. The molecule has 128 valence electrons. The third-order valence-electron chi connectivity index (χ3n) is 3.84. The van der Waals surface area contributed by atoms with Crippen molar-refractivity contribution in [2.24, 2.45) is 10.7 Å². The molecule has 0 amide bonds. The van der Waals surface area contributed by atoms with E-state index in [1.54, 1.807) is 18.2 Å². The predicted octanol–water partition coefficient (Wildman–Crippen LogP) is 3.68. The highest BCUT2D eigenvalue weighted by molar-refractivity contribution is 5.81. The van der Waals surface area contributed by atoms with Crippen LogP contribution in [0.4, 0.5) is 8.78 Å². The van der Waals surface area contributed by atoms with E-state index in [2.05, 4.69) is 9.98 Å². The topological polar surface area (TPSA) is 60.5 Å². The summed E-state index contributed by atoms with van der Waals surface area (Å²) in [6.45, 7) is 0.222. The summed E-state index contributed by atoms with van der Waals surface area (Å²) >= 11 is 0. The minimum Gasteiger partial charge on any atom is -0.465 e. The lowest BCUT2D eigenvalue weighted by Gasteiger charge is -2.09. The van der Waals surface area contributed by atoms with Gasteiger partial charge in [0.05, 0.1) is 17.8 Å². The summed E-state index contributed by atoms with van der Waals surface area (Å²) in [4.78, 5) is 8.15. The summed E-state index contributed by atoms with van der Waals surface area (Å²) in [7, 11) is 1.52. The van der Waals surface area contributed by atoms with Crippen molar-refractivity contribution in [2.45, 2.75) is 6.42 Å². The lowest BCUT2D eigenvalue weighted by atomic mass is 10.0. The number of aliphatic imine (C=N–C) groups is 1. The zero-order valence-corrected chi connectivity index (χ0v) is 13.7. The Kier molecular flexibility index (Phi) is 4.88. The van der Waals surface area contributed by atoms with Gasteiger partial charge in [-0.3, -0.25) is 0 Å². The first-order valence-electron chi connectivity index (χ1n) is 7.77. The molecule has 0 saturated heterocycles. The van der Waals surface area contributed by atoms with E-state index in [9.17, 15) is 8.78 Å². The zero-order valence-electron chi connectivity index (χ0n) is 13.7. The summed E-state index contributed by atoms with van der Waals surface area (Å²) in [5.41, 5.74) is 7.90. The molecule has 4 nitrogen and oxygen atoms in total. The van der Waals surface area contributed by atoms with Gasteiger partial charge in [-0.25, -0.2) is 18.8 Å². The number of amidine groups is 1. The molecule has 3 rings (SSSR count). The molecule has 2 aromatic carbocycles. The minimum atomic E-state index is -0.343. The van der Waals surface area contributed by atoms with Crippen molar-refractivity contribution in [3.8, 4) is 11.3 Å². The number of nitrogens with two attached hydrogens (primary N) is 1. The summed E-state index contributed by atoms with van der Waals surface area (Å²) in [5.74, 6) is -0.671. The van der Waals surface area contributed by atoms with Crippen LogP contribution in [0, 0.1) is 11.6 Å². The molecule has 0 saturated carbocycles. The van der Waals surface area contributed by atoms with Crippen molar-refractivity contribution < 1.29 is 13.5 Å². The van der Waals surface area contributed by atoms with Crippen molar-refractivity contribution >= 4 is 16.9 Å². The molecule has 0 radical (unpaired) electrons. The summed E-state index contributed by atoms with van der Waals surface area (Å²) in [6, 6.07) is 13.0. The van der Waals surface area contributed by atoms with Gasteiger partial charge in [-0.1, -0.05) is 6.07 Å². The lowest BCUT2D eigenvalue weighted by Crippen LogP contribution is -2.17. The van der Waals surface area contributed by atoms with Crippen LogP contribution in [0.3, 0.4) is 0 Å². The summed E-state index contributed by atoms with van der Waals surface area (Å²) in [6.07, 6.45) is 0.345. The molecule has 0 unspecified atom stereocenters. The van der Waals surface area contributed by atoms with E-state index in [1.807, 2.05) is 12.1 Å². The fraction of sp³-hybridized carbons (Fsp3) is 0.158. The smallest absolute Gasteiger partial charge is 0.281 e. The number of hydrogen-bond acceptors (Lipinski definition) is 3. The number of aromatic nitrogens is 1. The van der Waals surface area contributed by atoms with Gasteiger partial charge in [0.2, 0.25) is 0 Å². The Labute approximate surface area is 144 Å². The van der Waals surface area contributed by atoms with Crippen molar-refractivity contribution in [2.75, 3.05) is 13.7 Å². The van der Waals surface area contributed by atoms with E-state index in [0.29, 0.717) is 23.2 Å². The SMILES string of the molecule is C/N=C(/N)OCCc1cc(-c2ccc3ccc(F)cc3n2)ccc1F. The number of halogens is 2. The average Bonchev–Trinajstić information content (AvgIpc) is 2.62. The zero-order chi connectivity index (χ0) is 17.8. The van der Waals surface area contributed by atoms with Crippen molar-refractivity contribution in [3.05, 3.63) is 65.7 Å². The number of rotatable bonds is 4. The van der Waals surface area contributed by atoms with Crippen molar-refractivity contribution in [3.63, 3.8) is 0 Å². The third kappa shape index (κ3) is 3.91. The van der Waals surface area contributed by atoms with E-state index < -0.39 is 0 Å². The van der Waals surface area contributed by atoms with Gasteiger partial charge in [-0.15, -0.1) is 0 Å². The van der Waals surface area contributed by atoms with Gasteiger partial charge in [-0.05, 0) is 42.0 Å². The largest absolute Gasteiger partial charge is 0.465 e. The van der Waals surface area contributed by atoms with Gasteiger partial charge in [0.25, 0.3) is 6.02 Å². The molecule has 25 heavy (non-hydrogen) atoms. The molecule has 6 heteroatoms. The molecule has 0 aliphatic heterocycles. The molecule has 2 N–H and O–H groups in total. The average molecular weight is 341 g/mol. The quantitative estimate of drug-likeness (QED) is 0.582. The molecule has 1 aromatic heterocycles. The molecular formula is C19H17F2N3O. The number of ether oxygens (including phenoxy) is 1. The number of pyridine rings is 1. The van der Waals surface area contributed by atoms with E-state index in [4.69, 9.17) is 10.5 Å². The van der Waals surface area contributed by atoms with Gasteiger partial charge >= 0.3 is 0 Å². The van der Waals surface area contributed by atoms with Crippen molar-refractivity contribution in [1.29, 1.82) is 0 Å². The lowest BCUT2D eigenvalue weighted by molar-refractivity contribution is 0.301. The van der Waals surface area contributed by atoms with E-state index in [0.717, 1.165) is 10.9 Å². The second-order valence-corrected chi connectivity index (χ2v) is 5.50. The van der Waals surface area contributed by atoms with E-state index in [1.165, 1.54) is 25.2 Å². The van der Waals surface area contributed by atoms with Crippen LogP contribution in [0.15, 0.2) is 53.5 Å². The minimum absolute atomic E-state index is 0.0646. The Hall–Kier alpha value is -3.02. The highest BCUT2D eigenvalue weighted by atomic mass is 19.1. The molecule has 0 spiro atoms. The Morgan fingerprint density at radius 1 is 1.12 bits per heavy atom. The normalized spacial score (nSPS) is 11.7. The molecule has 0 atom stereocenters. The maximum Gasteiger partial charge on any atom is 0.281 e. The number of nitrogens with zero attached hydrogens (tertiary/aromatic N) is 2. The Bertz CT molecular complexity index is 941. The van der Waals surface area contributed by atoms with Crippen molar-refractivity contribution in [1.82, 2.24) is 4.98 Å². The predicted molar refractivity (Wildman–Crippen MR) is 94.3 cm³/mol. The highest BCUT2D eigenvalue weighted by Gasteiger charge is 2.08. The van der Waals surface area contributed by atoms with E-state index >= 15 is 0 Å². The van der Waals surface area contributed by atoms with Gasteiger partial charge in [0.1, 0.15) is 11.6 Å². The second-order valence-electron chi connectivity index (χ2n) is 5.50. The van der Waals surface area contributed by atoms with Crippen LogP contribution in [0.1, 0.15) is 5.56 Å². The summed E-state index contributed by atoms with van der Waals surface area (Å²) < 4.78 is 32.6. The molecule has 3 aromatic rings. The molecule has 0 fully saturated rings. The first-order valence-corrected chi connectivity index (χ1v) is 7.77. The van der Waals surface area contributed by atoms with Crippen LogP contribution in [-0.4, -0.2) is 24.7 Å². The first kappa shape index (κ1) is 16.8. The maximum absolute atomic E-state index is 14.0. The Morgan fingerprint density at radius 2 is 1.92 bits per heavy atom. The maximum atomic E-state index is 14.0.